The van der Waals surface area contributed by atoms with Gasteiger partial charge in [-0.25, -0.2) is 8.42 Å². The lowest BCUT2D eigenvalue weighted by atomic mass is 10.2. The lowest BCUT2D eigenvalue weighted by Crippen LogP contribution is -2.41. The van der Waals surface area contributed by atoms with Gasteiger partial charge in [0, 0.05) is 29.3 Å². The fourth-order valence-electron chi connectivity index (χ4n) is 2.55. The van der Waals surface area contributed by atoms with Gasteiger partial charge in [0.1, 0.15) is 0 Å². The second-order valence-electron chi connectivity index (χ2n) is 5.36. The molecule has 0 bridgehead atoms. The Morgan fingerprint density at radius 1 is 1.45 bits per heavy atom. The van der Waals surface area contributed by atoms with Gasteiger partial charge in [-0.2, -0.15) is 4.31 Å². The van der Waals surface area contributed by atoms with E-state index in [2.05, 4.69) is 15.9 Å². The normalized spacial score (nSPS) is 20.7. The van der Waals surface area contributed by atoms with E-state index in [1.54, 1.807) is 16.4 Å². The number of sulfonamides is 1. The van der Waals surface area contributed by atoms with E-state index >= 15 is 0 Å². The van der Waals surface area contributed by atoms with Gasteiger partial charge in [0.05, 0.1) is 4.90 Å². The van der Waals surface area contributed by atoms with Gasteiger partial charge in [-0.15, -0.1) is 0 Å². The number of rotatable bonds is 4. The Hall–Kier alpha value is -0.630. The Morgan fingerprint density at radius 2 is 2.15 bits per heavy atom. The number of hydrogen-bond acceptors (Lipinski definition) is 4. The summed E-state index contributed by atoms with van der Waals surface area (Å²) in [5.41, 5.74) is 6.23. The van der Waals surface area contributed by atoms with E-state index < -0.39 is 10.0 Å². The lowest BCUT2D eigenvalue weighted by molar-refractivity contribution is 0.291. The highest BCUT2D eigenvalue weighted by atomic mass is 79.9. The van der Waals surface area contributed by atoms with Gasteiger partial charge in [0.25, 0.3) is 0 Å². The van der Waals surface area contributed by atoms with E-state index in [0.29, 0.717) is 16.7 Å². The van der Waals surface area contributed by atoms with Gasteiger partial charge in [-0.3, -0.25) is 0 Å². The number of halogens is 1. The maximum atomic E-state index is 12.7. The highest BCUT2D eigenvalue weighted by molar-refractivity contribution is 9.10. The van der Waals surface area contributed by atoms with Crippen LogP contribution in [0, 0.1) is 0 Å². The van der Waals surface area contributed by atoms with E-state index in [-0.39, 0.29) is 10.9 Å². The van der Waals surface area contributed by atoms with Crippen LogP contribution in [-0.2, 0) is 10.0 Å². The molecule has 1 aromatic carbocycles. The van der Waals surface area contributed by atoms with E-state index in [4.69, 9.17) is 5.73 Å². The minimum atomic E-state index is -3.47. The summed E-state index contributed by atoms with van der Waals surface area (Å²) in [6, 6.07) is 4.84. The number of nitrogens with zero attached hydrogens (tertiary/aromatic N) is 2. The molecule has 0 saturated carbocycles. The zero-order valence-corrected chi connectivity index (χ0v) is 14.1. The standard InChI is InChI=1S/C13H20BrN3O2S/c1-16(2)9-10-4-3-7-17(10)20(18,19)11-5-6-12(14)13(15)8-11/h5-6,8,10H,3-4,7,9,15H2,1-2H3. The van der Waals surface area contributed by atoms with Gasteiger partial charge in [-0.1, -0.05) is 0 Å². The third-order valence-electron chi connectivity index (χ3n) is 3.47. The van der Waals surface area contributed by atoms with Crippen molar-refractivity contribution in [1.82, 2.24) is 9.21 Å². The zero-order valence-electron chi connectivity index (χ0n) is 11.7. The smallest absolute Gasteiger partial charge is 0.243 e. The molecule has 2 N–H and O–H groups in total. The second-order valence-corrected chi connectivity index (χ2v) is 8.10. The van der Waals surface area contributed by atoms with Crippen molar-refractivity contribution in [3.8, 4) is 0 Å². The molecule has 0 spiro atoms. The zero-order chi connectivity index (χ0) is 14.9. The number of hydrogen-bond donors (Lipinski definition) is 1. The number of nitrogens with two attached hydrogens (primary N) is 1. The molecule has 1 saturated heterocycles. The van der Waals surface area contributed by atoms with E-state index in [1.165, 1.54) is 6.07 Å². The van der Waals surface area contributed by atoms with Crippen molar-refractivity contribution < 1.29 is 8.42 Å². The largest absolute Gasteiger partial charge is 0.398 e. The third kappa shape index (κ3) is 3.16. The molecule has 20 heavy (non-hydrogen) atoms. The third-order valence-corrected chi connectivity index (χ3v) is 6.14. The van der Waals surface area contributed by atoms with Crippen molar-refractivity contribution >= 4 is 31.6 Å². The number of benzene rings is 1. The lowest BCUT2D eigenvalue weighted by Gasteiger charge is -2.26. The number of anilines is 1. The maximum Gasteiger partial charge on any atom is 0.243 e. The molecular weight excluding hydrogens is 342 g/mol. The fourth-order valence-corrected chi connectivity index (χ4v) is 4.51. The maximum absolute atomic E-state index is 12.7. The minimum absolute atomic E-state index is 0.0415. The molecule has 1 aliphatic heterocycles. The van der Waals surface area contributed by atoms with Crippen LogP contribution in [0.3, 0.4) is 0 Å². The molecular formula is C13H20BrN3O2S. The quantitative estimate of drug-likeness (QED) is 0.829. The van der Waals surface area contributed by atoms with Crippen LogP contribution < -0.4 is 5.73 Å². The molecule has 1 unspecified atom stereocenters. The van der Waals surface area contributed by atoms with Crippen molar-refractivity contribution in [2.45, 2.75) is 23.8 Å². The first kappa shape index (κ1) is 15.8. The molecule has 0 amide bonds. The SMILES string of the molecule is CN(C)CC1CCCN1S(=O)(=O)c1ccc(Br)c(N)c1. The number of nitrogen functional groups attached to an aromatic ring is 1. The van der Waals surface area contributed by atoms with Crippen LogP contribution in [0.25, 0.3) is 0 Å². The Balaban J connectivity index is 2.31. The van der Waals surface area contributed by atoms with Crippen molar-refractivity contribution in [2.24, 2.45) is 0 Å². The summed E-state index contributed by atoms with van der Waals surface area (Å²) in [6.07, 6.45) is 1.81. The first-order chi connectivity index (χ1) is 9.32. The van der Waals surface area contributed by atoms with Gasteiger partial charge in [0.2, 0.25) is 10.0 Å². The summed E-state index contributed by atoms with van der Waals surface area (Å²) >= 11 is 3.28. The molecule has 1 aliphatic rings. The van der Waals surface area contributed by atoms with Crippen molar-refractivity contribution in [3.63, 3.8) is 0 Å². The van der Waals surface area contributed by atoms with Crippen LogP contribution in [0.2, 0.25) is 0 Å². The summed E-state index contributed by atoms with van der Waals surface area (Å²) in [7, 11) is 0.451. The molecule has 0 radical (unpaired) electrons. The van der Waals surface area contributed by atoms with Gasteiger partial charge < -0.3 is 10.6 Å². The van der Waals surface area contributed by atoms with Gasteiger partial charge >= 0.3 is 0 Å². The Labute approximate surface area is 128 Å². The summed E-state index contributed by atoms with van der Waals surface area (Å²) in [6.45, 7) is 1.32. The van der Waals surface area contributed by atoms with Crippen molar-refractivity contribution in [1.29, 1.82) is 0 Å². The van der Waals surface area contributed by atoms with E-state index in [1.807, 2.05) is 19.0 Å². The predicted molar refractivity (Wildman–Crippen MR) is 84.0 cm³/mol. The first-order valence-corrected chi connectivity index (χ1v) is 8.77. The van der Waals surface area contributed by atoms with Crippen LogP contribution in [0.1, 0.15) is 12.8 Å². The van der Waals surface area contributed by atoms with Crippen LogP contribution in [0.5, 0.6) is 0 Å². The highest BCUT2D eigenvalue weighted by Gasteiger charge is 2.35. The number of likely N-dealkylation sites (N-methyl/N-ethyl adjacent to an activating group) is 1. The molecule has 0 aliphatic carbocycles. The van der Waals surface area contributed by atoms with E-state index in [0.717, 1.165) is 19.4 Å². The first-order valence-electron chi connectivity index (χ1n) is 6.54. The van der Waals surface area contributed by atoms with Gasteiger partial charge in [-0.05, 0) is 61.1 Å². The Morgan fingerprint density at radius 3 is 2.75 bits per heavy atom. The molecule has 5 nitrogen and oxygen atoms in total. The Kier molecular flexibility index (Phi) is 4.73. The Bertz CT molecular complexity index is 589. The molecule has 7 heteroatoms. The minimum Gasteiger partial charge on any atom is -0.398 e. The molecule has 1 atom stereocenters. The molecule has 0 aromatic heterocycles. The fraction of sp³-hybridized carbons (Fsp3) is 0.538. The van der Waals surface area contributed by atoms with Crippen LogP contribution in [-0.4, -0.2) is 50.8 Å². The molecule has 1 heterocycles. The van der Waals surface area contributed by atoms with Crippen LogP contribution in [0.4, 0.5) is 5.69 Å². The summed E-state index contributed by atoms with van der Waals surface area (Å²) in [5.74, 6) is 0. The molecule has 2 rings (SSSR count). The average molecular weight is 362 g/mol. The predicted octanol–water partition coefficient (Wildman–Crippen LogP) is 1.75. The molecule has 1 fully saturated rings. The summed E-state index contributed by atoms with van der Waals surface area (Å²) in [4.78, 5) is 2.29. The topological polar surface area (TPSA) is 66.6 Å². The van der Waals surface area contributed by atoms with Crippen LogP contribution >= 0.6 is 15.9 Å². The highest BCUT2D eigenvalue weighted by Crippen LogP contribution is 2.29. The van der Waals surface area contributed by atoms with Gasteiger partial charge in [0.15, 0.2) is 0 Å². The summed E-state index contributed by atoms with van der Waals surface area (Å²) < 4.78 is 27.8. The van der Waals surface area contributed by atoms with Crippen molar-refractivity contribution in [2.75, 3.05) is 32.9 Å². The second kappa shape index (κ2) is 6.01. The summed E-state index contributed by atoms with van der Waals surface area (Å²) in [5, 5.41) is 0. The van der Waals surface area contributed by atoms with E-state index in [9.17, 15) is 8.42 Å². The average Bonchev–Trinajstić information content (AvgIpc) is 2.80. The molecule has 1 aromatic rings. The monoisotopic (exact) mass is 361 g/mol. The van der Waals surface area contributed by atoms with Crippen LogP contribution in [0.15, 0.2) is 27.6 Å². The molecule has 112 valence electrons. The van der Waals surface area contributed by atoms with Crippen molar-refractivity contribution in [3.05, 3.63) is 22.7 Å².